The highest BCUT2D eigenvalue weighted by atomic mass is 32.2. The molecule has 0 amide bonds. The normalized spacial score (nSPS) is 12.3. The SMILES string of the molecule is CCN(CC)S(=O)(=O)N(CC)CC(=O)O. The number of aliphatic carboxylic acids is 1. The van der Waals surface area contributed by atoms with Crippen LogP contribution in [0.15, 0.2) is 0 Å². The lowest BCUT2D eigenvalue weighted by atomic mass is 10.6. The van der Waals surface area contributed by atoms with Crippen molar-refractivity contribution >= 4 is 16.2 Å². The number of carboxylic acid groups (broad SMARTS) is 1. The summed E-state index contributed by atoms with van der Waals surface area (Å²) in [5.41, 5.74) is 0. The molecular weight excluding hydrogens is 220 g/mol. The maximum Gasteiger partial charge on any atom is 0.318 e. The van der Waals surface area contributed by atoms with Crippen LogP contribution in [0.3, 0.4) is 0 Å². The van der Waals surface area contributed by atoms with E-state index in [2.05, 4.69) is 0 Å². The van der Waals surface area contributed by atoms with Crippen molar-refractivity contribution in [2.24, 2.45) is 0 Å². The first-order valence-corrected chi connectivity index (χ1v) is 6.26. The van der Waals surface area contributed by atoms with Crippen LogP contribution in [-0.4, -0.2) is 54.3 Å². The standard InChI is InChI=1S/C8H18N2O4S/c1-4-9(5-2)15(13,14)10(6-3)7-8(11)12/h4-7H2,1-3H3,(H,11,12). The van der Waals surface area contributed by atoms with Gasteiger partial charge in [-0.3, -0.25) is 4.79 Å². The molecule has 0 aromatic rings. The van der Waals surface area contributed by atoms with Gasteiger partial charge in [0.1, 0.15) is 6.54 Å². The molecule has 0 saturated heterocycles. The zero-order valence-corrected chi connectivity index (χ0v) is 10.1. The topological polar surface area (TPSA) is 77.9 Å². The molecule has 15 heavy (non-hydrogen) atoms. The van der Waals surface area contributed by atoms with E-state index in [1.54, 1.807) is 20.8 Å². The number of nitrogens with zero attached hydrogens (tertiary/aromatic N) is 2. The third-order valence-corrected chi connectivity index (χ3v) is 4.23. The zero-order chi connectivity index (χ0) is 12.1. The van der Waals surface area contributed by atoms with E-state index < -0.39 is 22.7 Å². The molecule has 6 nitrogen and oxygen atoms in total. The molecular formula is C8H18N2O4S. The van der Waals surface area contributed by atoms with Crippen LogP contribution in [0, 0.1) is 0 Å². The van der Waals surface area contributed by atoms with E-state index in [4.69, 9.17) is 5.11 Å². The van der Waals surface area contributed by atoms with Crippen molar-refractivity contribution in [1.82, 2.24) is 8.61 Å². The largest absolute Gasteiger partial charge is 0.480 e. The molecule has 1 N–H and O–H groups in total. The Hall–Kier alpha value is -0.660. The number of carboxylic acids is 1. The number of rotatable bonds is 7. The van der Waals surface area contributed by atoms with Crippen LogP contribution < -0.4 is 0 Å². The summed E-state index contributed by atoms with van der Waals surface area (Å²) in [7, 11) is -3.62. The zero-order valence-electron chi connectivity index (χ0n) is 9.30. The maximum atomic E-state index is 11.8. The van der Waals surface area contributed by atoms with Gasteiger partial charge in [-0.1, -0.05) is 20.8 Å². The lowest BCUT2D eigenvalue weighted by Crippen LogP contribution is -2.45. The molecule has 0 unspecified atom stereocenters. The Bertz CT molecular complexity index is 298. The van der Waals surface area contributed by atoms with Gasteiger partial charge in [-0.05, 0) is 0 Å². The summed E-state index contributed by atoms with van der Waals surface area (Å²) >= 11 is 0. The van der Waals surface area contributed by atoms with Gasteiger partial charge in [0.15, 0.2) is 0 Å². The first-order valence-electron chi connectivity index (χ1n) is 4.87. The Morgan fingerprint density at radius 3 is 1.73 bits per heavy atom. The van der Waals surface area contributed by atoms with Gasteiger partial charge in [-0.2, -0.15) is 17.0 Å². The molecule has 0 aromatic carbocycles. The predicted octanol–water partition coefficient (Wildman–Crippen LogP) is -0.0205. The summed E-state index contributed by atoms with van der Waals surface area (Å²) in [6, 6.07) is 0. The van der Waals surface area contributed by atoms with E-state index in [0.29, 0.717) is 13.1 Å². The van der Waals surface area contributed by atoms with Gasteiger partial charge in [-0.25, -0.2) is 0 Å². The Morgan fingerprint density at radius 1 is 1.07 bits per heavy atom. The Labute approximate surface area is 90.7 Å². The molecule has 0 aliphatic rings. The van der Waals surface area contributed by atoms with Gasteiger partial charge < -0.3 is 5.11 Å². The van der Waals surface area contributed by atoms with Crippen molar-refractivity contribution < 1.29 is 18.3 Å². The van der Waals surface area contributed by atoms with E-state index in [9.17, 15) is 13.2 Å². The Balaban J connectivity index is 4.87. The van der Waals surface area contributed by atoms with Crippen LogP contribution in [0.1, 0.15) is 20.8 Å². The molecule has 0 atom stereocenters. The van der Waals surface area contributed by atoms with Crippen molar-refractivity contribution in [3.8, 4) is 0 Å². The summed E-state index contributed by atoms with van der Waals surface area (Å²) in [4.78, 5) is 10.5. The Kier molecular flexibility index (Phi) is 5.77. The van der Waals surface area contributed by atoms with E-state index in [1.165, 1.54) is 4.31 Å². The first-order chi connectivity index (χ1) is 6.89. The van der Waals surface area contributed by atoms with E-state index >= 15 is 0 Å². The summed E-state index contributed by atoms with van der Waals surface area (Å²) in [5, 5.41) is 8.58. The van der Waals surface area contributed by atoms with Crippen LogP contribution >= 0.6 is 0 Å². The van der Waals surface area contributed by atoms with E-state index in [-0.39, 0.29) is 6.54 Å². The second-order valence-corrected chi connectivity index (χ2v) is 4.84. The third kappa shape index (κ3) is 3.77. The van der Waals surface area contributed by atoms with Gasteiger partial charge in [0.05, 0.1) is 0 Å². The van der Waals surface area contributed by atoms with Crippen LogP contribution in [0.4, 0.5) is 0 Å². The minimum absolute atomic E-state index is 0.158. The molecule has 0 aliphatic carbocycles. The van der Waals surface area contributed by atoms with Gasteiger partial charge in [-0.15, -0.1) is 0 Å². The fourth-order valence-electron chi connectivity index (χ4n) is 1.22. The van der Waals surface area contributed by atoms with Gasteiger partial charge >= 0.3 is 5.97 Å². The number of carbonyl (C=O) groups is 1. The number of likely N-dealkylation sites (N-methyl/N-ethyl adjacent to an activating group) is 1. The average Bonchev–Trinajstić information content (AvgIpc) is 2.15. The number of hydrogen-bond acceptors (Lipinski definition) is 3. The van der Waals surface area contributed by atoms with Crippen molar-refractivity contribution in [2.45, 2.75) is 20.8 Å². The molecule has 90 valence electrons. The molecule has 0 radical (unpaired) electrons. The summed E-state index contributed by atoms with van der Waals surface area (Å²) in [5.74, 6) is -1.15. The minimum Gasteiger partial charge on any atom is -0.480 e. The van der Waals surface area contributed by atoms with Crippen molar-refractivity contribution in [1.29, 1.82) is 0 Å². The minimum atomic E-state index is -3.62. The lowest BCUT2D eigenvalue weighted by molar-refractivity contribution is -0.137. The van der Waals surface area contributed by atoms with Crippen LogP contribution in [0.2, 0.25) is 0 Å². The molecule has 0 bridgehead atoms. The molecule has 0 rings (SSSR count). The molecule has 0 aliphatic heterocycles. The third-order valence-electron chi connectivity index (χ3n) is 2.02. The fraction of sp³-hybridized carbons (Fsp3) is 0.875. The molecule has 0 saturated carbocycles. The molecule has 0 spiro atoms. The second kappa shape index (κ2) is 6.04. The highest BCUT2D eigenvalue weighted by molar-refractivity contribution is 7.86. The van der Waals surface area contributed by atoms with Crippen molar-refractivity contribution in [3.63, 3.8) is 0 Å². The molecule has 0 aromatic heterocycles. The maximum absolute atomic E-state index is 11.8. The highest BCUT2D eigenvalue weighted by Crippen LogP contribution is 2.07. The highest BCUT2D eigenvalue weighted by Gasteiger charge is 2.27. The van der Waals surface area contributed by atoms with E-state index in [0.717, 1.165) is 4.31 Å². The molecule has 0 fully saturated rings. The average molecular weight is 238 g/mol. The summed E-state index contributed by atoms with van der Waals surface area (Å²) in [6.07, 6.45) is 0. The van der Waals surface area contributed by atoms with Crippen LogP contribution in [0.25, 0.3) is 0 Å². The van der Waals surface area contributed by atoms with Crippen molar-refractivity contribution in [2.75, 3.05) is 26.2 Å². The molecule has 7 heteroatoms. The van der Waals surface area contributed by atoms with Gasteiger partial charge in [0, 0.05) is 19.6 Å². The first kappa shape index (κ1) is 14.3. The Morgan fingerprint density at radius 2 is 1.47 bits per heavy atom. The van der Waals surface area contributed by atoms with Gasteiger partial charge in [0.25, 0.3) is 10.2 Å². The van der Waals surface area contributed by atoms with Crippen LogP contribution in [0.5, 0.6) is 0 Å². The smallest absolute Gasteiger partial charge is 0.318 e. The molecule has 0 heterocycles. The summed E-state index contributed by atoms with van der Waals surface area (Å²) in [6.45, 7) is 5.40. The van der Waals surface area contributed by atoms with Crippen molar-refractivity contribution in [3.05, 3.63) is 0 Å². The number of hydrogen-bond donors (Lipinski definition) is 1. The van der Waals surface area contributed by atoms with Gasteiger partial charge in [0.2, 0.25) is 0 Å². The summed E-state index contributed by atoms with van der Waals surface area (Å²) < 4.78 is 25.9. The monoisotopic (exact) mass is 238 g/mol. The van der Waals surface area contributed by atoms with E-state index in [1.807, 2.05) is 0 Å². The predicted molar refractivity (Wildman–Crippen MR) is 56.7 cm³/mol. The fourth-order valence-corrected chi connectivity index (χ4v) is 2.80. The van der Waals surface area contributed by atoms with Crippen LogP contribution in [-0.2, 0) is 15.0 Å². The quantitative estimate of drug-likeness (QED) is 0.676. The lowest BCUT2D eigenvalue weighted by Gasteiger charge is -2.26. The second-order valence-electron chi connectivity index (χ2n) is 2.91.